The third-order valence-electron chi connectivity index (χ3n) is 4.71. The lowest BCUT2D eigenvalue weighted by Crippen LogP contribution is -2.45. The first-order chi connectivity index (χ1) is 13.2. The molecule has 2 aliphatic rings. The Balaban J connectivity index is 1.71. The largest absolute Gasteiger partial charge is 0.497 e. The van der Waals surface area contributed by atoms with Crippen LogP contribution in [-0.2, 0) is 4.79 Å². The monoisotopic (exact) mass is 383 g/mol. The zero-order valence-electron chi connectivity index (χ0n) is 15.0. The van der Waals surface area contributed by atoms with E-state index in [4.69, 9.17) is 4.74 Å². The summed E-state index contributed by atoms with van der Waals surface area (Å²) < 4.78 is 5.21. The van der Waals surface area contributed by atoms with E-state index in [2.05, 4.69) is 10.3 Å². The number of aliphatic hydroxyl groups is 1. The summed E-state index contributed by atoms with van der Waals surface area (Å²) in [5.74, 6) is 1.20. The molecule has 0 fully saturated rings. The molecule has 0 spiro atoms. The number of thioether (sulfide) groups is 1. The van der Waals surface area contributed by atoms with E-state index in [0.29, 0.717) is 13.1 Å². The number of nitrogens with one attached hydrogen (secondary N) is 1. The summed E-state index contributed by atoms with van der Waals surface area (Å²) >= 11 is 1.50. The highest BCUT2D eigenvalue weighted by Crippen LogP contribution is 2.45. The summed E-state index contributed by atoms with van der Waals surface area (Å²) in [6.45, 7) is 1.83. The second kappa shape index (κ2) is 7.62. The molecule has 2 aromatic rings. The predicted octanol–water partition coefficient (Wildman–Crippen LogP) is 2.24. The van der Waals surface area contributed by atoms with E-state index in [1.807, 2.05) is 48.5 Å². The van der Waals surface area contributed by atoms with Gasteiger partial charge >= 0.3 is 0 Å². The highest BCUT2D eigenvalue weighted by molar-refractivity contribution is 7.99. The number of nitrogens with zero attached hydrogens (tertiary/aromatic N) is 2. The maximum Gasteiger partial charge on any atom is 0.257 e. The Morgan fingerprint density at radius 1 is 1.26 bits per heavy atom. The number of methoxy groups -OCH3 is 1. The summed E-state index contributed by atoms with van der Waals surface area (Å²) in [5.41, 5.74) is 1.69. The van der Waals surface area contributed by atoms with Crippen LogP contribution in [0.25, 0.3) is 0 Å². The topological polar surface area (TPSA) is 74.2 Å². The molecule has 0 unspecified atom stereocenters. The molecule has 0 aromatic heterocycles. The lowest BCUT2D eigenvalue weighted by molar-refractivity contribution is -0.126. The molecule has 0 bridgehead atoms. The summed E-state index contributed by atoms with van der Waals surface area (Å²) in [6.07, 6.45) is -1.15. The number of rotatable bonds is 4. The molecule has 1 amide bonds. The summed E-state index contributed by atoms with van der Waals surface area (Å²) in [5, 5.41) is 13.7. The van der Waals surface area contributed by atoms with Crippen LogP contribution in [0.5, 0.6) is 5.75 Å². The van der Waals surface area contributed by atoms with Gasteiger partial charge in [0.25, 0.3) is 5.91 Å². The highest BCUT2D eigenvalue weighted by atomic mass is 32.2. The van der Waals surface area contributed by atoms with E-state index >= 15 is 0 Å². The lowest BCUT2D eigenvalue weighted by atomic mass is 10.1. The van der Waals surface area contributed by atoms with Crippen LogP contribution in [0.1, 0.15) is 10.8 Å². The molecule has 2 aromatic carbocycles. The number of hydrogen-bond donors (Lipinski definition) is 2. The van der Waals surface area contributed by atoms with Gasteiger partial charge in [-0.05, 0) is 29.8 Å². The third-order valence-corrected chi connectivity index (χ3v) is 6.09. The Kier molecular flexibility index (Phi) is 5.05. The molecule has 2 heterocycles. The van der Waals surface area contributed by atoms with Gasteiger partial charge in [0.2, 0.25) is 0 Å². The first-order valence-corrected chi connectivity index (χ1v) is 9.71. The summed E-state index contributed by atoms with van der Waals surface area (Å²) in [6, 6.07) is 15.2. The minimum absolute atomic E-state index is 0.315. The first-order valence-electron chi connectivity index (χ1n) is 8.83. The Morgan fingerprint density at radius 2 is 2.04 bits per heavy atom. The Bertz CT molecular complexity index is 869. The van der Waals surface area contributed by atoms with E-state index < -0.39 is 11.4 Å². The van der Waals surface area contributed by atoms with Crippen LogP contribution in [0.2, 0.25) is 0 Å². The number of anilines is 1. The lowest BCUT2D eigenvalue weighted by Gasteiger charge is -2.25. The predicted molar refractivity (Wildman–Crippen MR) is 107 cm³/mol. The molecule has 2 N–H and O–H groups in total. The van der Waals surface area contributed by atoms with Crippen molar-refractivity contribution in [1.29, 1.82) is 0 Å². The number of hydrogen-bond acceptors (Lipinski definition) is 6. The average Bonchev–Trinajstić information content (AvgIpc) is 3.20. The van der Waals surface area contributed by atoms with E-state index in [-0.39, 0.29) is 5.91 Å². The van der Waals surface area contributed by atoms with Gasteiger partial charge in [0.05, 0.1) is 31.1 Å². The number of carbonyl (C=O) groups is 1. The molecule has 140 valence electrons. The second-order valence-corrected chi connectivity index (χ2v) is 7.59. The van der Waals surface area contributed by atoms with Gasteiger partial charge < -0.3 is 20.1 Å². The fourth-order valence-electron chi connectivity index (χ4n) is 3.30. The zero-order chi connectivity index (χ0) is 18.8. The fraction of sp³-hybridized carbons (Fsp3) is 0.300. The van der Waals surface area contributed by atoms with Gasteiger partial charge in [-0.25, -0.2) is 0 Å². The quantitative estimate of drug-likeness (QED) is 0.847. The number of aliphatic hydroxyl groups excluding tert-OH is 1. The normalized spacial score (nSPS) is 21.9. The number of carbonyl (C=O) groups excluding carboxylic acids is 1. The van der Waals surface area contributed by atoms with Crippen molar-refractivity contribution in [1.82, 2.24) is 5.32 Å². The number of para-hydroxylation sites is 1. The van der Waals surface area contributed by atoms with Crippen molar-refractivity contribution in [3.8, 4) is 5.75 Å². The highest BCUT2D eigenvalue weighted by Gasteiger charge is 2.37. The number of amidine groups is 1. The van der Waals surface area contributed by atoms with Crippen LogP contribution in [0.3, 0.4) is 0 Å². The van der Waals surface area contributed by atoms with Gasteiger partial charge in [-0.2, -0.15) is 0 Å². The first kappa shape index (κ1) is 17.9. The Morgan fingerprint density at radius 3 is 2.74 bits per heavy atom. The molecule has 0 aliphatic carbocycles. The van der Waals surface area contributed by atoms with Gasteiger partial charge in [0, 0.05) is 11.4 Å². The van der Waals surface area contributed by atoms with E-state index in [1.165, 1.54) is 11.8 Å². The van der Waals surface area contributed by atoms with Crippen molar-refractivity contribution >= 4 is 29.2 Å². The smallest absolute Gasteiger partial charge is 0.257 e. The van der Waals surface area contributed by atoms with Crippen LogP contribution in [0, 0.1) is 0 Å². The van der Waals surface area contributed by atoms with Gasteiger partial charge in [0.15, 0.2) is 0 Å². The van der Waals surface area contributed by atoms with Gasteiger partial charge in [0.1, 0.15) is 17.7 Å². The molecule has 2 aliphatic heterocycles. The maximum atomic E-state index is 13.2. The van der Waals surface area contributed by atoms with Crippen molar-refractivity contribution in [3.63, 3.8) is 0 Å². The number of aliphatic imine (C=N–C) groups is 1. The molecular formula is C20H21N3O3S. The SMILES string of the molecule is COc1ccc([C@@H]2Sc3ccccc3N(CC3=NCCN3)C(=O)[C@@H]2O)cc1. The number of fused-ring (bicyclic) bond motifs is 1. The summed E-state index contributed by atoms with van der Waals surface area (Å²) in [7, 11) is 1.61. The van der Waals surface area contributed by atoms with E-state index in [0.717, 1.165) is 34.3 Å². The number of amides is 1. The van der Waals surface area contributed by atoms with Gasteiger partial charge in [-0.3, -0.25) is 9.79 Å². The molecule has 0 saturated heterocycles. The summed E-state index contributed by atoms with van der Waals surface area (Å²) in [4.78, 5) is 20.1. The Labute approximate surface area is 162 Å². The molecule has 27 heavy (non-hydrogen) atoms. The Hall–Kier alpha value is -2.51. The number of ether oxygens (including phenoxy) is 1. The van der Waals surface area contributed by atoms with Crippen molar-refractivity contribution in [2.75, 3.05) is 31.6 Å². The number of benzene rings is 2. The fourth-order valence-corrected chi connectivity index (χ4v) is 4.57. The molecule has 6 nitrogen and oxygen atoms in total. The minimum atomic E-state index is -1.15. The van der Waals surface area contributed by atoms with Crippen LogP contribution in [0.15, 0.2) is 58.4 Å². The van der Waals surface area contributed by atoms with E-state index in [1.54, 1.807) is 12.0 Å². The molecule has 0 radical (unpaired) electrons. The zero-order valence-corrected chi connectivity index (χ0v) is 15.8. The van der Waals surface area contributed by atoms with Gasteiger partial charge in [-0.15, -0.1) is 11.8 Å². The second-order valence-electron chi connectivity index (χ2n) is 6.40. The van der Waals surface area contributed by atoms with Crippen LogP contribution < -0.4 is 15.0 Å². The van der Waals surface area contributed by atoms with Crippen LogP contribution in [-0.4, -0.2) is 49.7 Å². The van der Waals surface area contributed by atoms with Crippen LogP contribution in [0.4, 0.5) is 5.69 Å². The van der Waals surface area contributed by atoms with Crippen molar-refractivity contribution in [3.05, 3.63) is 54.1 Å². The van der Waals surface area contributed by atoms with Crippen molar-refractivity contribution < 1.29 is 14.6 Å². The molecule has 2 atom stereocenters. The molecule has 0 saturated carbocycles. The maximum absolute atomic E-state index is 13.2. The molecule has 7 heteroatoms. The minimum Gasteiger partial charge on any atom is -0.497 e. The molecular weight excluding hydrogens is 362 g/mol. The molecule has 4 rings (SSSR count). The van der Waals surface area contributed by atoms with Crippen LogP contribution >= 0.6 is 11.8 Å². The van der Waals surface area contributed by atoms with Crippen molar-refractivity contribution in [2.45, 2.75) is 16.2 Å². The van der Waals surface area contributed by atoms with Gasteiger partial charge in [-0.1, -0.05) is 24.3 Å². The third kappa shape index (κ3) is 3.52. The standard InChI is InChI=1S/C20H21N3O3S/c1-26-14-8-6-13(7-9-14)19-18(24)20(25)23(12-17-21-10-11-22-17)15-4-2-3-5-16(15)27-19/h2-9,18-19,24H,10-12H2,1H3,(H,21,22)/t18-,19+/m1/s1. The average molecular weight is 383 g/mol. The van der Waals surface area contributed by atoms with E-state index in [9.17, 15) is 9.90 Å². The van der Waals surface area contributed by atoms with Crippen molar-refractivity contribution in [2.24, 2.45) is 4.99 Å².